The Morgan fingerprint density at radius 1 is 1.50 bits per heavy atom. The van der Waals surface area contributed by atoms with E-state index in [1.54, 1.807) is 13.0 Å². The van der Waals surface area contributed by atoms with Crippen LogP contribution < -0.4 is 11.1 Å². The molecule has 0 atom stereocenters. The van der Waals surface area contributed by atoms with Gasteiger partial charge in [0.05, 0.1) is 0 Å². The topological polar surface area (TPSA) is 55.1 Å². The standard InChI is InChI=1S/C11H16N2O/c1-3-13-7-10-5-4-9(8(2)14)6-11(10)12/h4-6,13H,3,7,12H2,1-2H3. The minimum Gasteiger partial charge on any atom is -0.398 e. The van der Waals surface area contributed by atoms with E-state index < -0.39 is 0 Å². The summed E-state index contributed by atoms with van der Waals surface area (Å²) in [6.45, 7) is 5.24. The molecular formula is C11H16N2O. The number of nitrogens with one attached hydrogen (secondary N) is 1. The summed E-state index contributed by atoms with van der Waals surface area (Å²) in [5, 5.41) is 3.19. The summed E-state index contributed by atoms with van der Waals surface area (Å²) in [7, 11) is 0. The van der Waals surface area contributed by atoms with E-state index in [-0.39, 0.29) is 5.78 Å². The monoisotopic (exact) mass is 192 g/mol. The molecule has 3 nitrogen and oxygen atoms in total. The van der Waals surface area contributed by atoms with Crippen molar-refractivity contribution in [2.24, 2.45) is 0 Å². The van der Waals surface area contributed by atoms with Crippen molar-refractivity contribution in [1.82, 2.24) is 5.32 Å². The van der Waals surface area contributed by atoms with Crippen molar-refractivity contribution in [3.63, 3.8) is 0 Å². The van der Waals surface area contributed by atoms with E-state index in [1.807, 2.05) is 19.1 Å². The quantitative estimate of drug-likeness (QED) is 0.562. The Morgan fingerprint density at radius 3 is 2.71 bits per heavy atom. The van der Waals surface area contributed by atoms with E-state index in [2.05, 4.69) is 5.32 Å². The summed E-state index contributed by atoms with van der Waals surface area (Å²) < 4.78 is 0. The number of nitrogen functional groups attached to an aromatic ring is 1. The van der Waals surface area contributed by atoms with Gasteiger partial charge in [0, 0.05) is 17.8 Å². The fourth-order valence-electron chi connectivity index (χ4n) is 1.23. The van der Waals surface area contributed by atoms with Crippen LogP contribution in [0.15, 0.2) is 18.2 Å². The first-order valence-electron chi connectivity index (χ1n) is 4.75. The van der Waals surface area contributed by atoms with Gasteiger partial charge in [-0.1, -0.05) is 19.1 Å². The van der Waals surface area contributed by atoms with Gasteiger partial charge in [0.2, 0.25) is 0 Å². The molecule has 0 aromatic heterocycles. The Morgan fingerprint density at radius 2 is 2.21 bits per heavy atom. The Bertz CT molecular complexity index is 334. The van der Waals surface area contributed by atoms with E-state index >= 15 is 0 Å². The first kappa shape index (κ1) is 10.7. The van der Waals surface area contributed by atoms with E-state index in [0.29, 0.717) is 11.3 Å². The summed E-state index contributed by atoms with van der Waals surface area (Å²) >= 11 is 0. The lowest BCUT2D eigenvalue weighted by Gasteiger charge is -2.07. The van der Waals surface area contributed by atoms with Gasteiger partial charge in [0.25, 0.3) is 0 Å². The maximum absolute atomic E-state index is 11.1. The highest BCUT2D eigenvalue weighted by molar-refractivity contribution is 5.95. The summed E-state index contributed by atoms with van der Waals surface area (Å²) in [5.74, 6) is 0.0479. The molecule has 0 amide bonds. The number of carbonyl (C=O) groups is 1. The summed E-state index contributed by atoms with van der Waals surface area (Å²) in [5.41, 5.74) is 8.19. The van der Waals surface area contributed by atoms with Crippen LogP contribution in [0.5, 0.6) is 0 Å². The van der Waals surface area contributed by atoms with E-state index in [0.717, 1.165) is 18.7 Å². The summed E-state index contributed by atoms with van der Waals surface area (Å²) in [4.78, 5) is 11.1. The van der Waals surface area contributed by atoms with Crippen LogP contribution in [0, 0.1) is 0 Å². The minimum absolute atomic E-state index is 0.0479. The van der Waals surface area contributed by atoms with Crippen LogP contribution in [0.25, 0.3) is 0 Å². The van der Waals surface area contributed by atoms with Crippen LogP contribution in [-0.2, 0) is 6.54 Å². The number of nitrogens with two attached hydrogens (primary N) is 1. The normalized spacial score (nSPS) is 10.1. The molecular weight excluding hydrogens is 176 g/mol. The zero-order valence-corrected chi connectivity index (χ0v) is 8.63. The highest BCUT2D eigenvalue weighted by Gasteiger charge is 2.03. The molecule has 0 saturated heterocycles. The van der Waals surface area contributed by atoms with Gasteiger partial charge in [-0.2, -0.15) is 0 Å². The highest BCUT2D eigenvalue weighted by atomic mass is 16.1. The maximum atomic E-state index is 11.1. The Hall–Kier alpha value is -1.35. The van der Waals surface area contributed by atoms with Crippen LogP contribution in [0.4, 0.5) is 5.69 Å². The Balaban J connectivity index is 2.84. The van der Waals surface area contributed by atoms with Crippen LogP contribution in [-0.4, -0.2) is 12.3 Å². The number of carbonyl (C=O) groups excluding carboxylic acids is 1. The number of anilines is 1. The molecule has 1 aromatic rings. The molecule has 76 valence electrons. The van der Waals surface area contributed by atoms with E-state index in [1.165, 1.54) is 0 Å². The molecule has 3 N–H and O–H groups in total. The molecule has 14 heavy (non-hydrogen) atoms. The van der Waals surface area contributed by atoms with Crippen molar-refractivity contribution in [2.45, 2.75) is 20.4 Å². The molecule has 0 aliphatic rings. The lowest BCUT2D eigenvalue weighted by Crippen LogP contribution is -2.13. The molecule has 0 spiro atoms. The molecule has 1 aromatic carbocycles. The predicted octanol–water partition coefficient (Wildman–Crippen LogP) is 1.58. The van der Waals surface area contributed by atoms with Crippen LogP contribution in [0.3, 0.4) is 0 Å². The number of ketones is 1. The smallest absolute Gasteiger partial charge is 0.159 e. The molecule has 0 aliphatic heterocycles. The average molecular weight is 192 g/mol. The third-order valence-corrected chi connectivity index (χ3v) is 2.12. The van der Waals surface area contributed by atoms with Gasteiger partial charge in [-0.05, 0) is 25.1 Å². The molecule has 0 unspecified atom stereocenters. The van der Waals surface area contributed by atoms with Gasteiger partial charge >= 0.3 is 0 Å². The number of rotatable bonds is 4. The van der Waals surface area contributed by atoms with E-state index in [4.69, 9.17) is 5.73 Å². The fourth-order valence-corrected chi connectivity index (χ4v) is 1.23. The second kappa shape index (κ2) is 4.77. The van der Waals surface area contributed by atoms with Gasteiger partial charge in [-0.25, -0.2) is 0 Å². The number of benzene rings is 1. The second-order valence-corrected chi connectivity index (χ2v) is 3.25. The van der Waals surface area contributed by atoms with Crippen LogP contribution >= 0.6 is 0 Å². The fraction of sp³-hybridized carbons (Fsp3) is 0.364. The number of hydrogen-bond acceptors (Lipinski definition) is 3. The lowest BCUT2D eigenvalue weighted by atomic mass is 10.1. The highest BCUT2D eigenvalue weighted by Crippen LogP contribution is 2.14. The lowest BCUT2D eigenvalue weighted by molar-refractivity contribution is 0.101. The number of hydrogen-bond donors (Lipinski definition) is 2. The minimum atomic E-state index is 0.0479. The van der Waals surface area contributed by atoms with Crippen molar-refractivity contribution in [3.05, 3.63) is 29.3 Å². The molecule has 0 bridgehead atoms. The summed E-state index contributed by atoms with van der Waals surface area (Å²) in [6.07, 6.45) is 0. The van der Waals surface area contributed by atoms with Crippen molar-refractivity contribution in [3.8, 4) is 0 Å². The molecule has 0 aliphatic carbocycles. The van der Waals surface area contributed by atoms with Gasteiger partial charge in [0.1, 0.15) is 0 Å². The molecule has 0 fully saturated rings. The maximum Gasteiger partial charge on any atom is 0.159 e. The number of Topliss-reactive ketones (excluding diaryl/α,β-unsaturated/α-hetero) is 1. The largest absolute Gasteiger partial charge is 0.398 e. The van der Waals surface area contributed by atoms with Gasteiger partial charge in [-0.3, -0.25) is 4.79 Å². The third-order valence-electron chi connectivity index (χ3n) is 2.12. The second-order valence-electron chi connectivity index (χ2n) is 3.25. The van der Waals surface area contributed by atoms with Crippen molar-refractivity contribution >= 4 is 11.5 Å². The molecule has 3 heteroatoms. The zero-order valence-electron chi connectivity index (χ0n) is 8.63. The van der Waals surface area contributed by atoms with Gasteiger partial charge < -0.3 is 11.1 Å². The van der Waals surface area contributed by atoms with Crippen molar-refractivity contribution < 1.29 is 4.79 Å². The summed E-state index contributed by atoms with van der Waals surface area (Å²) in [6, 6.07) is 5.44. The van der Waals surface area contributed by atoms with E-state index in [9.17, 15) is 4.79 Å². The Kier molecular flexibility index (Phi) is 3.65. The average Bonchev–Trinajstić information content (AvgIpc) is 2.15. The predicted molar refractivity (Wildman–Crippen MR) is 58.2 cm³/mol. The SMILES string of the molecule is CCNCc1ccc(C(C)=O)cc1N. The van der Waals surface area contributed by atoms with Gasteiger partial charge in [0.15, 0.2) is 5.78 Å². The first-order valence-corrected chi connectivity index (χ1v) is 4.75. The van der Waals surface area contributed by atoms with Gasteiger partial charge in [-0.15, -0.1) is 0 Å². The van der Waals surface area contributed by atoms with Crippen LogP contribution in [0.1, 0.15) is 29.8 Å². The molecule has 1 rings (SSSR count). The molecule has 0 radical (unpaired) electrons. The Labute approximate surface area is 84.3 Å². The zero-order chi connectivity index (χ0) is 10.6. The van der Waals surface area contributed by atoms with Crippen molar-refractivity contribution in [1.29, 1.82) is 0 Å². The molecule has 0 heterocycles. The third kappa shape index (κ3) is 2.57. The van der Waals surface area contributed by atoms with Crippen molar-refractivity contribution in [2.75, 3.05) is 12.3 Å². The first-order chi connectivity index (χ1) is 6.65. The van der Waals surface area contributed by atoms with Crippen LogP contribution in [0.2, 0.25) is 0 Å². The molecule has 0 saturated carbocycles.